The van der Waals surface area contributed by atoms with Crippen LogP contribution in [0.1, 0.15) is 35.1 Å². The van der Waals surface area contributed by atoms with Crippen LogP contribution in [-0.2, 0) is 41.8 Å². The van der Waals surface area contributed by atoms with Gasteiger partial charge in [-0.3, -0.25) is 15.0 Å². The SMILES string of the molecule is COCCNc1cc(NC(=O)N2CCCc3cc(CN4CCS(=O)(=O)CC4=O)c(C(OC)OC)nc32)ncc1C#N. The molecule has 220 valence electrons. The second kappa shape index (κ2) is 13.2. The quantitative estimate of drug-likeness (QED) is 0.304. The molecule has 41 heavy (non-hydrogen) atoms. The number of fused-ring (bicyclic) bond motifs is 1. The van der Waals surface area contributed by atoms with Crippen LogP contribution >= 0.6 is 0 Å². The van der Waals surface area contributed by atoms with E-state index in [1.807, 2.05) is 6.07 Å². The highest BCUT2D eigenvalue weighted by Gasteiger charge is 2.32. The van der Waals surface area contributed by atoms with Crippen LogP contribution in [0, 0.1) is 11.3 Å². The number of methoxy groups -OCH3 is 3. The number of carbonyl (C=O) groups excluding carboxylic acids is 2. The molecule has 2 aromatic heterocycles. The molecule has 2 aliphatic rings. The zero-order chi connectivity index (χ0) is 29.6. The maximum absolute atomic E-state index is 13.4. The third kappa shape index (κ3) is 7.09. The molecule has 0 unspecified atom stereocenters. The van der Waals surface area contributed by atoms with E-state index in [0.717, 1.165) is 5.56 Å². The summed E-state index contributed by atoms with van der Waals surface area (Å²) in [6.45, 7) is 1.51. The predicted octanol–water partition coefficient (Wildman–Crippen LogP) is 1.44. The number of aromatic nitrogens is 2. The molecule has 0 aliphatic carbocycles. The summed E-state index contributed by atoms with van der Waals surface area (Å²) in [5.74, 6) is -0.432. The van der Waals surface area contributed by atoms with Gasteiger partial charge in [-0.2, -0.15) is 5.26 Å². The molecule has 2 aromatic rings. The minimum Gasteiger partial charge on any atom is -0.383 e. The van der Waals surface area contributed by atoms with Gasteiger partial charge in [-0.1, -0.05) is 0 Å². The van der Waals surface area contributed by atoms with E-state index in [9.17, 15) is 23.3 Å². The van der Waals surface area contributed by atoms with Crippen LogP contribution in [0.25, 0.3) is 0 Å². The van der Waals surface area contributed by atoms with Gasteiger partial charge < -0.3 is 24.4 Å². The number of rotatable bonds is 10. The zero-order valence-electron chi connectivity index (χ0n) is 23.2. The summed E-state index contributed by atoms with van der Waals surface area (Å²) in [4.78, 5) is 38.0. The molecule has 1 saturated heterocycles. The molecule has 0 atom stereocenters. The average Bonchev–Trinajstić information content (AvgIpc) is 2.95. The van der Waals surface area contributed by atoms with Gasteiger partial charge in [0.05, 0.1) is 23.6 Å². The summed E-state index contributed by atoms with van der Waals surface area (Å²) < 4.78 is 39.8. The molecule has 1 fully saturated rings. The molecular weight excluding hydrogens is 554 g/mol. The smallest absolute Gasteiger partial charge is 0.328 e. The highest BCUT2D eigenvalue weighted by Crippen LogP contribution is 2.32. The summed E-state index contributed by atoms with van der Waals surface area (Å²) in [6.07, 6.45) is 1.82. The van der Waals surface area contributed by atoms with Gasteiger partial charge in [-0.05, 0) is 30.0 Å². The second-order valence-electron chi connectivity index (χ2n) is 9.56. The summed E-state index contributed by atoms with van der Waals surface area (Å²) >= 11 is 0. The Labute approximate surface area is 238 Å². The maximum Gasteiger partial charge on any atom is 0.328 e. The average molecular weight is 588 g/mol. The first-order valence-electron chi connectivity index (χ1n) is 13.0. The number of pyridine rings is 2. The van der Waals surface area contributed by atoms with E-state index < -0.39 is 33.8 Å². The fraction of sp³-hybridized carbons (Fsp3) is 0.500. The van der Waals surface area contributed by atoms with Crippen LogP contribution in [0.4, 0.5) is 22.1 Å². The van der Waals surface area contributed by atoms with E-state index in [1.54, 1.807) is 13.2 Å². The molecule has 2 aliphatic heterocycles. The number of urea groups is 1. The van der Waals surface area contributed by atoms with Crippen molar-refractivity contribution in [1.82, 2.24) is 14.9 Å². The third-order valence-corrected chi connectivity index (χ3v) is 8.27. The van der Waals surface area contributed by atoms with Crippen molar-refractivity contribution in [3.63, 3.8) is 0 Å². The first kappa shape index (κ1) is 30.1. The number of nitriles is 1. The van der Waals surface area contributed by atoms with Crippen LogP contribution in [0.15, 0.2) is 18.3 Å². The number of nitrogens with one attached hydrogen (secondary N) is 2. The Balaban J connectivity index is 1.61. The standard InChI is InChI=1S/C26H33N7O7S/c1-38-9-6-28-20-12-21(29-14-19(20)13-27)30-26(35)33-7-4-5-17-11-18(23(31-24(17)33)25(39-2)40-3)15-32-8-10-41(36,37)16-22(32)34/h11-12,14,25H,4-10,15-16H2,1-3H3,(H2,28,29,30,35). The van der Waals surface area contributed by atoms with Gasteiger partial charge in [0.2, 0.25) is 12.2 Å². The van der Waals surface area contributed by atoms with Crippen LogP contribution in [0.3, 0.4) is 0 Å². The molecule has 14 nitrogen and oxygen atoms in total. The van der Waals surface area contributed by atoms with Gasteiger partial charge in [-0.15, -0.1) is 0 Å². The van der Waals surface area contributed by atoms with Crippen molar-refractivity contribution in [2.24, 2.45) is 0 Å². The van der Waals surface area contributed by atoms with Gasteiger partial charge >= 0.3 is 6.03 Å². The summed E-state index contributed by atoms with van der Waals surface area (Å²) in [7, 11) is 1.08. The summed E-state index contributed by atoms with van der Waals surface area (Å²) in [5, 5.41) is 15.3. The highest BCUT2D eigenvalue weighted by molar-refractivity contribution is 7.92. The van der Waals surface area contributed by atoms with E-state index in [2.05, 4.69) is 21.7 Å². The van der Waals surface area contributed by atoms with Crippen LogP contribution in [-0.4, -0.2) is 94.3 Å². The van der Waals surface area contributed by atoms with Gasteiger partial charge in [0.1, 0.15) is 29.2 Å². The molecule has 0 bridgehead atoms. The Bertz CT molecular complexity index is 1440. The number of aryl methyl sites for hydroxylation is 1. The van der Waals surface area contributed by atoms with E-state index in [0.29, 0.717) is 60.9 Å². The first-order valence-corrected chi connectivity index (χ1v) is 14.8. The normalized spacial score (nSPS) is 16.3. The Hall–Kier alpha value is -3.84. The Morgan fingerprint density at radius 1 is 1.22 bits per heavy atom. The molecule has 0 aromatic carbocycles. The molecule has 0 spiro atoms. The number of nitrogens with zero attached hydrogens (tertiary/aromatic N) is 5. The van der Waals surface area contributed by atoms with Crippen molar-refractivity contribution in [3.05, 3.63) is 40.7 Å². The van der Waals surface area contributed by atoms with Gasteiger partial charge in [0, 0.05) is 59.8 Å². The topological polar surface area (TPSA) is 176 Å². The minimum absolute atomic E-state index is 0.0801. The maximum atomic E-state index is 13.4. The Kier molecular flexibility index (Phi) is 9.71. The third-order valence-electron chi connectivity index (χ3n) is 6.78. The summed E-state index contributed by atoms with van der Waals surface area (Å²) in [5.41, 5.74) is 2.67. The van der Waals surface area contributed by atoms with E-state index in [-0.39, 0.29) is 24.7 Å². The Morgan fingerprint density at radius 2 is 2.00 bits per heavy atom. The lowest BCUT2D eigenvalue weighted by atomic mass is 10.0. The fourth-order valence-electron chi connectivity index (χ4n) is 4.73. The van der Waals surface area contributed by atoms with E-state index in [4.69, 9.17) is 19.2 Å². The molecule has 4 heterocycles. The van der Waals surface area contributed by atoms with Crippen molar-refractivity contribution in [2.75, 3.05) is 74.6 Å². The largest absolute Gasteiger partial charge is 0.383 e. The number of sulfone groups is 1. The van der Waals surface area contributed by atoms with E-state index >= 15 is 0 Å². The number of hydrogen-bond acceptors (Lipinski definition) is 11. The molecule has 2 N–H and O–H groups in total. The van der Waals surface area contributed by atoms with Crippen molar-refractivity contribution < 1.29 is 32.2 Å². The van der Waals surface area contributed by atoms with Crippen molar-refractivity contribution >= 4 is 39.1 Å². The predicted molar refractivity (Wildman–Crippen MR) is 149 cm³/mol. The lowest BCUT2D eigenvalue weighted by molar-refractivity contribution is -0.129. The van der Waals surface area contributed by atoms with Gasteiger partial charge in [-0.25, -0.2) is 23.2 Å². The summed E-state index contributed by atoms with van der Waals surface area (Å²) in [6, 6.07) is 5.07. The van der Waals surface area contributed by atoms with Crippen LogP contribution in [0.2, 0.25) is 0 Å². The van der Waals surface area contributed by atoms with Crippen molar-refractivity contribution in [2.45, 2.75) is 25.7 Å². The van der Waals surface area contributed by atoms with Crippen LogP contribution < -0.4 is 15.5 Å². The number of amides is 3. The molecule has 4 rings (SSSR count). The lowest BCUT2D eigenvalue weighted by Crippen LogP contribution is -2.45. The molecule has 3 amide bonds. The molecule has 15 heteroatoms. The molecular formula is C26H33N7O7S. The van der Waals surface area contributed by atoms with Crippen molar-refractivity contribution in [3.8, 4) is 6.07 Å². The monoisotopic (exact) mass is 587 g/mol. The first-order chi connectivity index (χ1) is 19.7. The minimum atomic E-state index is -3.40. The fourth-order valence-corrected chi connectivity index (χ4v) is 5.93. The van der Waals surface area contributed by atoms with Gasteiger partial charge in [0.15, 0.2) is 9.84 Å². The lowest BCUT2D eigenvalue weighted by Gasteiger charge is -2.32. The van der Waals surface area contributed by atoms with E-state index in [1.165, 1.54) is 30.2 Å². The Morgan fingerprint density at radius 3 is 2.68 bits per heavy atom. The highest BCUT2D eigenvalue weighted by atomic mass is 32.2. The van der Waals surface area contributed by atoms with Crippen LogP contribution in [0.5, 0.6) is 0 Å². The number of anilines is 3. The van der Waals surface area contributed by atoms with Gasteiger partial charge in [0.25, 0.3) is 0 Å². The molecule has 0 radical (unpaired) electrons. The molecule has 0 saturated carbocycles. The van der Waals surface area contributed by atoms with Crippen molar-refractivity contribution in [1.29, 1.82) is 5.26 Å². The zero-order valence-corrected chi connectivity index (χ0v) is 24.0. The number of carbonyl (C=O) groups is 2. The number of hydrogen-bond donors (Lipinski definition) is 2. The second-order valence-corrected chi connectivity index (χ2v) is 11.7. The number of ether oxygens (including phenoxy) is 3.